The van der Waals surface area contributed by atoms with Crippen molar-refractivity contribution in [1.29, 1.82) is 0 Å². The summed E-state index contributed by atoms with van der Waals surface area (Å²) in [5, 5.41) is 13.9. The molecule has 20 heavy (non-hydrogen) atoms. The maximum Gasteiger partial charge on any atom is 0.311 e. The Morgan fingerprint density at radius 1 is 1.55 bits per heavy atom. The van der Waals surface area contributed by atoms with Crippen LogP contribution in [0, 0.1) is 16.0 Å². The van der Waals surface area contributed by atoms with Crippen molar-refractivity contribution in [3.8, 4) is 0 Å². The van der Waals surface area contributed by atoms with Crippen molar-refractivity contribution >= 4 is 17.3 Å². The first-order chi connectivity index (χ1) is 9.61. The van der Waals surface area contributed by atoms with Crippen LogP contribution in [0.1, 0.15) is 12.8 Å². The Kier molecular flexibility index (Phi) is 4.73. The first-order valence-electron chi connectivity index (χ1n) is 6.74. The Morgan fingerprint density at radius 3 is 2.90 bits per heavy atom. The van der Waals surface area contributed by atoms with Gasteiger partial charge in [0.1, 0.15) is 5.82 Å². The summed E-state index contributed by atoms with van der Waals surface area (Å²) >= 11 is 0. The van der Waals surface area contributed by atoms with Gasteiger partial charge in [0.25, 0.3) is 0 Å². The monoisotopic (exact) mass is 280 g/mol. The number of hydrogen-bond acceptors (Lipinski definition) is 6. The number of likely N-dealkylation sites (N-methyl/N-ethyl adjacent to an activating group) is 1. The van der Waals surface area contributed by atoms with E-state index < -0.39 is 4.92 Å². The lowest BCUT2D eigenvalue weighted by Crippen LogP contribution is -2.25. The van der Waals surface area contributed by atoms with Crippen molar-refractivity contribution in [2.45, 2.75) is 12.8 Å². The fourth-order valence-corrected chi connectivity index (χ4v) is 1.85. The molecule has 2 rings (SSSR count). The number of ether oxygens (including phenoxy) is 1. The summed E-state index contributed by atoms with van der Waals surface area (Å²) in [4.78, 5) is 16.6. The zero-order valence-electron chi connectivity index (χ0n) is 11.8. The Morgan fingerprint density at radius 2 is 2.30 bits per heavy atom. The Bertz CT molecular complexity index is 477. The van der Waals surface area contributed by atoms with Crippen molar-refractivity contribution in [3.05, 3.63) is 22.2 Å². The van der Waals surface area contributed by atoms with Gasteiger partial charge in [-0.15, -0.1) is 0 Å². The molecular weight excluding hydrogens is 260 g/mol. The van der Waals surface area contributed by atoms with Crippen LogP contribution in [-0.4, -0.2) is 43.8 Å². The van der Waals surface area contributed by atoms with Gasteiger partial charge in [-0.25, -0.2) is 4.98 Å². The SMILES string of the molecule is CNc1ccc([N+](=O)[O-])c(N(C)CCOCC2CC2)n1. The van der Waals surface area contributed by atoms with Gasteiger partial charge in [-0.2, -0.15) is 0 Å². The molecule has 1 saturated carbocycles. The van der Waals surface area contributed by atoms with Crippen LogP contribution in [0.5, 0.6) is 0 Å². The second-order valence-corrected chi connectivity index (χ2v) is 4.99. The average Bonchev–Trinajstić information content (AvgIpc) is 3.26. The molecule has 110 valence electrons. The maximum atomic E-state index is 11.0. The van der Waals surface area contributed by atoms with E-state index in [-0.39, 0.29) is 5.69 Å². The van der Waals surface area contributed by atoms with Gasteiger partial charge in [0.2, 0.25) is 5.82 Å². The lowest BCUT2D eigenvalue weighted by Gasteiger charge is -2.18. The van der Waals surface area contributed by atoms with Gasteiger partial charge in [0, 0.05) is 33.3 Å². The molecular formula is C13H20N4O3. The van der Waals surface area contributed by atoms with Gasteiger partial charge in [0.15, 0.2) is 0 Å². The minimum atomic E-state index is -0.413. The van der Waals surface area contributed by atoms with Gasteiger partial charge < -0.3 is 15.0 Å². The molecule has 1 fully saturated rings. The van der Waals surface area contributed by atoms with Crippen LogP contribution in [0.15, 0.2) is 12.1 Å². The van der Waals surface area contributed by atoms with Crippen molar-refractivity contribution in [3.63, 3.8) is 0 Å². The van der Waals surface area contributed by atoms with E-state index in [1.165, 1.54) is 18.9 Å². The molecule has 7 nitrogen and oxygen atoms in total. The zero-order chi connectivity index (χ0) is 14.5. The van der Waals surface area contributed by atoms with E-state index in [1.807, 2.05) is 0 Å². The number of nitro groups is 1. The highest BCUT2D eigenvalue weighted by Crippen LogP contribution is 2.29. The number of pyridine rings is 1. The summed E-state index contributed by atoms with van der Waals surface area (Å²) in [6, 6.07) is 3.06. The molecule has 0 radical (unpaired) electrons. The third kappa shape index (κ3) is 3.80. The largest absolute Gasteiger partial charge is 0.379 e. The summed E-state index contributed by atoms with van der Waals surface area (Å²) in [7, 11) is 3.52. The molecule has 1 aromatic heterocycles. The molecule has 1 aliphatic rings. The third-order valence-corrected chi connectivity index (χ3v) is 3.29. The molecule has 0 amide bonds. The van der Waals surface area contributed by atoms with Crippen molar-refractivity contribution in [2.75, 3.05) is 44.1 Å². The van der Waals surface area contributed by atoms with Gasteiger partial charge in [-0.3, -0.25) is 10.1 Å². The quantitative estimate of drug-likeness (QED) is 0.445. The fraction of sp³-hybridized carbons (Fsp3) is 0.615. The average molecular weight is 280 g/mol. The molecule has 1 heterocycles. The highest BCUT2D eigenvalue weighted by Gasteiger charge is 2.22. The summed E-state index contributed by atoms with van der Waals surface area (Å²) in [5.41, 5.74) is 0.00805. The Hall–Kier alpha value is -1.89. The van der Waals surface area contributed by atoms with Crippen LogP contribution >= 0.6 is 0 Å². The molecule has 0 saturated heterocycles. The fourth-order valence-electron chi connectivity index (χ4n) is 1.85. The van der Waals surface area contributed by atoms with Crippen LogP contribution in [0.3, 0.4) is 0 Å². The highest BCUT2D eigenvalue weighted by atomic mass is 16.6. The van der Waals surface area contributed by atoms with E-state index in [1.54, 1.807) is 25.1 Å². The number of hydrogen-bond donors (Lipinski definition) is 1. The van der Waals surface area contributed by atoms with Crippen molar-refractivity contribution in [2.24, 2.45) is 5.92 Å². The minimum absolute atomic E-state index is 0.00805. The normalized spacial score (nSPS) is 14.1. The molecule has 0 bridgehead atoms. The van der Waals surface area contributed by atoms with E-state index >= 15 is 0 Å². The van der Waals surface area contributed by atoms with E-state index in [2.05, 4.69) is 10.3 Å². The van der Waals surface area contributed by atoms with E-state index in [0.717, 1.165) is 12.5 Å². The topological polar surface area (TPSA) is 80.5 Å². The van der Waals surface area contributed by atoms with Crippen molar-refractivity contribution in [1.82, 2.24) is 4.98 Å². The lowest BCUT2D eigenvalue weighted by atomic mass is 10.3. The highest BCUT2D eigenvalue weighted by molar-refractivity contribution is 5.61. The predicted molar refractivity (Wildman–Crippen MR) is 77.3 cm³/mol. The van der Waals surface area contributed by atoms with Crippen LogP contribution in [-0.2, 0) is 4.74 Å². The first kappa shape index (κ1) is 14.5. The standard InChI is InChI=1S/C13H20N4O3/c1-14-12-6-5-11(17(18)19)13(15-12)16(2)7-8-20-9-10-3-4-10/h5-6,10H,3-4,7-9H2,1-2H3,(H,14,15). The summed E-state index contributed by atoms with van der Waals surface area (Å²) in [5.74, 6) is 1.69. The smallest absolute Gasteiger partial charge is 0.311 e. The summed E-state index contributed by atoms with van der Waals surface area (Å²) in [6.07, 6.45) is 2.51. The molecule has 0 atom stereocenters. The molecule has 1 aromatic rings. The first-order valence-corrected chi connectivity index (χ1v) is 6.74. The van der Waals surface area contributed by atoms with Crippen LogP contribution in [0.25, 0.3) is 0 Å². The molecule has 0 spiro atoms. The summed E-state index contributed by atoms with van der Waals surface area (Å²) in [6.45, 7) is 1.92. The second-order valence-electron chi connectivity index (χ2n) is 4.99. The summed E-state index contributed by atoms with van der Waals surface area (Å²) < 4.78 is 5.55. The maximum absolute atomic E-state index is 11.0. The van der Waals surface area contributed by atoms with Gasteiger partial charge in [-0.1, -0.05) is 0 Å². The Balaban J connectivity index is 1.97. The van der Waals surface area contributed by atoms with Gasteiger partial charge in [-0.05, 0) is 24.8 Å². The lowest BCUT2D eigenvalue weighted by molar-refractivity contribution is -0.384. The van der Waals surface area contributed by atoms with E-state index in [9.17, 15) is 10.1 Å². The molecule has 0 aliphatic heterocycles. The third-order valence-electron chi connectivity index (χ3n) is 3.29. The minimum Gasteiger partial charge on any atom is -0.379 e. The predicted octanol–water partition coefficient (Wildman–Crippen LogP) is 1.89. The zero-order valence-corrected chi connectivity index (χ0v) is 11.8. The Labute approximate surface area is 118 Å². The van der Waals surface area contributed by atoms with Crippen LogP contribution in [0.4, 0.5) is 17.3 Å². The number of nitrogens with zero attached hydrogens (tertiary/aromatic N) is 3. The van der Waals surface area contributed by atoms with Crippen LogP contribution < -0.4 is 10.2 Å². The number of aromatic nitrogens is 1. The number of nitrogens with one attached hydrogen (secondary N) is 1. The van der Waals surface area contributed by atoms with E-state index in [4.69, 9.17) is 4.74 Å². The van der Waals surface area contributed by atoms with Crippen molar-refractivity contribution < 1.29 is 9.66 Å². The molecule has 0 aromatic carbocycles. The molecule has 1 N–H and O–H groups in total. The van der Waals surface area contributed by atoms with Crippen LogP contribution in [0.2, 0.25) is 0 Å². The van der Waals surface area contributed by atoms with Gasteiger partial charge >= 0.3 is 5.69 Å². The molecule has 0 unspecified atom stereocenters. The number of anilines is 2. The number of rotatable bonds is 8. The second kappa shape index (κ2) is 6.51. The molecule has 7 heteroatoms. The van der Waals surface area contributed by atoms with Gasteiger partial charge in [0.05, 0.1) is 11.5 Å². The molecule has 1 aliphatic carbocycles. The van der Waals surface area contributed by atoms with E-state index in [0.29, 0.717) is 24.8 Å².